The van der Waals surface area contributed by atoms with Gasteiger partial charge in [0.1, 0.15) is 0 Å². The van der Waals surface area contributed by atoms with E-state index in [1.807, 2.05) is 6.92 Å². The Morgan fingerprint density at radius 1 is 1.15 bits per heavy atom. The molecular formula is C15H14ClNO3. The van der Waals surface area contributed by atoms with Crippen molar-refractivity contribution < 1.29 is 14.3 Å². The number of hydrogen-bond acceptors (Lipinski definition) is 4. The molecule has 2 aromatic rings. The summed E-state index contributed by atoms with van der Waals surface area (Å²) < 4.78 is 10.3. The number of ether oxygens (including phenoxy) is 2. The maximum atomic E-state index is 12.4. The molecule has 0 unspecified atom stereocenters. The second-order valence-corrected chi connectivity index (χ2v) is 4.62. The molecule has 20 heavy (non-hydrogen) atoms. The number of rotatable bonds is 4. The number of carbonyl (C=O) groups excluding carboxylic acids is 1. The summed E-state index contributed by atoms with van der Waals surface area (Å²) in [4.78, 5) is 16.5. The normalized spacial score (nSPS) is 10.2. The number of benzene rings is 1. The standard InChI is InChI=1S/C15H14ClNO3/c1-9-4-5-10(8-17-9)14(18)11-6-12(16)15(20-3)13(7-11)19-2/h4-8H,1-3H3. The summed E-state index contributed by atoms with van der Waals surface area (Å²) in [5, 5.41) is 0.329. The summed E-state index contributed by atoms with van der Waals surface area (Å²) in [6.45, 7) is 1.86. The maximum Gasteiger partial charge on any atom is 0.194 e. The van der Waals surface area contributed by atoms with E-state index in [2.05, 4.69) is 4.98 Å². The molecule has 0 aliphatic carbocycles. The number of aryl methyl sites for hydroxylation is 1. The molecule has 0 saturated carbocycles. The number of aromatic nitrogens is 1. The molecule has 0 radical (unpaired) electrons. The molecule has 0 fully saturated rings. The first-order chi connectivity index (χ1) is 9.56. The second kappa shape index (κ2) is 5.92. The molecule has 0 bridgehead atoms. The first kappa shape index (κ1) is 14.3. The van der Waals surface area contributed by atoms with E-state index < -0.39 is 0 Å². The lowest BCUT2D eigenvalue weighted by Crippen LogP contribution is -2.03. The molecule has 0 N–H and O–H groups in total. The van der Waals surface area contributed by atoms with Gasteiger partial charge in [-0.15, -0.1) is 0 Å². The van der Waals surface area contributed by atoms with Crippen LogP contribution in [0.5, 0.6) is 11.5 Å². The number of methoxy groups -OCH3 is 2. The fourth-order valence-corrected chi connectivity index (χ4v) is 2.11. The Balaban J connectivity index is 2.45. The summed E-state index contributed by atoms with van der Waals surface area (Å²) >= 11 is 6.10. The summed E-state index contributed by atoms with van der Waals surface area (Å²) in [6.07, 6.45) is 1.54. The molecular weight excluding hydrogens is 278 g/mol. The van der Waals surface area contributed by atoms with Crippen LogP contribution in [0.1, 0.15) is 21.6 Å². The fraction of sp³-hybridized carbons (Fsp3) is 0.200. The molecule has 0 atom stereocenters. The largest absolute Gasteiger partial charge is 0.493 e. The van der Waals surface area contributed by atoms with Crippen molar-refractivity contribution in [1.29, 1.82) is 0 Å². The van der Waals surface area contributed by atoms with Gasteiger partial charge in [0.15, 0.2) is 17.3 Å². The minimum absolute atomic E-state index is 0.166. The van der Waals surface area contributed by atoms with Crippen molar-refractivity contribution in [3.05, 3.63) is 52.3 Å². The highest BCUT2D eigenvalue weighted by atomic mass is 35.5. The summed E-state index contributed by atoms with van der Waals surface area (Å²) in [7, 11) is 2.99. The van der Waals surface area contributed by atoms with E-state index in [9.17, 15) is 4.79 Å². The van der Waals surface area contributed by atoms with Gasteiger partial charge in [-0.25, -0.2) is 0 Å². The van der Waals surface area contributed by atoms with Crippen LogP contribution >= 0.6 is 11.6 Å². The van der Waals surface area contributed by atoms with Crippen LogP contribution in [0.2, 0.25) is 5.02 Å². The van der Waals surface area contributed by atoms with Crippen LogP contribution in [0, 0.1) is 6.92 Å². The van der Waals surface area contributed by atoms with E-state index >= 15 is 0 Å². The monoisotopic (exact) mass is 291 g/mol. The molecule has 0 amide bonds. The SMILES string of the molecule is COc1cc(C(=O)c2ccc(C)nc2)cc(Cl)c1OC. The van der Waals surface area contributed by atoms with Gasteiger partial charge in [-0.1, -0.05) is 11.6 Å². The fourth-order valence-electron chi connectivity index (χ4n) is 1.82. The van der Waals surface area contributed by atoms with Crippen LogP contribution in [-0.2, 0) is 0 Å². The smallest absolute Gasteiger partial charge is 0.194 e. The quantitative estimate of drug-likeness (QED) is 0.811. The van der Waals surface area contributed by atoms with Crippen molar-refractivity contribution in [1.82, 2.24) is 4.98 Å². The highest BCUT2D eigenvalue weighted by molar-refractivity contribution is 6.33. The predicted molar refractivity (Wildman–Crippen MR) is 77.0 cm³/mol. The molecule has 0 spiro atoms. The Labute approximate surface area is 122 Å². The van der Waals surface area contributed by atoms with Crippen molar-refractivity contribution in [2.75, 3.05) is 14.2 Å². The third kappa shape index (κ3) is 2.75. The number of halogens is 1. The first-order valence-corrected chi connectivity index (χ1v) is 6.33. The molecule has 0 saturated heterocycles. The molecule has 2 rings (SSSR count). The van der Waals surface area contributed by atoms with Gasteiger partial charge in [0.05, 0.1) is 19.2 Å². The predicted octanol–water partition coefficient (Wildman–Crippen LogP) is 3.29. The summed E-state index contributed by atoms with van der Waals surface area (Å²) in [5.41, 5.74) is 1.78. The summed E-state index contributed by atoms with van der Waals surface area (Å²) in [5.74, 6) is 0.663. The van der Waals surface area contributed by atoms with Crippen LogP contribution in [-0.4, -0.2) is 25.0 Å². The average molecular weight is 292 g/mol. The second-order valence-electron chi connectivity index (χ2n) is 4.21. The first-order valence-electron chi connectivity index (χ1n) is 5.95. The van der Waals surface area contributed by atoms with Crippen LogP contribution in [0.4, 0.5) is 0 Å². The lowest BCUT2D eigenvalue weighted by Gasteiger charge is -2.11. The van der Waals surface area contributed by atoms with Crippen LogP contribution in [0.15, 0.2) is 30.5 Å². The Kier molecular flexibility index (Phi) is 4.25. The van der Waals surface area contributed by atoms with Crippen molar-refractivity contribution in [2.45, 2.75) is 6.92 Å². The Morgan fingerprint density at radius 2 is 1.90 bits per heavy atom. The van der Waals surface area contributed by atoms with Gasteiger partial charge in [-0.3, -0.25) is 9.78 Å². The highest BCUT2D eigenvalue weighted by Gasteiger charge is 2.16. The van der Waals surface area contributed by atoms with Gasteiger partial charge in [0, 0.05) is 23.0 Å². The van der Waals surface area contributed by atoms with Crippen molar-refractivity contribution in [2.24, 2.45) is 0 Å². The van der Waals surface area contributed by atoms with Gasteiger partial charge in [0.25, 0.3) is 0 Å². The number of nitrogens with zero attached hydrogens (tertiary/aromatic N) is 1. The van der Waals surface area contributed by atoms with Crippen LogP contribution in [0.3, 0.4) is 0 Å². The lowest BCUT2D eigenvalue weighted by atomic mass is 10.0. The molecule has 1 heterocycles. The molecule has 5 heteroatoms. The maximum absolute atomic E-state index is 12.4. The molecule has 0 aliphatic rings. The summed E-state index contributed by atoms with van der Waals surface area (Å²) in [6, 6.07) is 6.68. The zero-order valence-corrected chi connectivity index (χ0v) is 12.2. The van der Waals surface area contributed by atoms with E-state index in [0.29, 0.717) is 27.6 Å². The zero-order chi connectivity index (χ0) is 14.7. The van der Waals surface area contributed by atoms with Crippen molar-refractivity contribution in [3.8, 4) is 11.5 Å². The van der Waals surface area contributed by atoms with E-state index in [-0.39, 0.29) is 5.78 Å². The van der Waals surface area contributed by atoms with Crippen molar-refractivity contribution in [3.63, 3.8) is 0 Å². The van der Waals surface area contributed by atoms with E-state index in [1.165, 1.54) is 14.2 Å². The third-order valence-corrected chi connectivity index (χ3v) is 3.15. The Hall–Kier alpha value is -2.07. The van der Waals surface area contributed by atoms with Gasteiger partial charge in [0.2, 0.25) is 0 Å². The van der Waals surface area contributed by atoms with E-state index in [4.69, 9.17) is 21.1 Å². The average Bonchev–Trinajstić information content (AvgIpc) is 2.46. The van der Waals surface area contributed by atoms with Gasteiger partial charge in [-0.2, -0.15) is 0 Å². The van der Waals surface area contributed by atoms with Gasteiger partial charge in [-0.05, 0) is 31.2 Å². The number of pyridine rings is 1. The van der Waals surface area contributed by atoms with Crippen molar-refractivity contribution >= 4 is 17.4 Å². The third-order valence-electron chi connectivity index (χ3n) is 2.87. The highest BCUT2D eigenvalue weighted by Crippen LogP contribution is 2.36. The van der Waals surface area contributed by atoms with Gasteiger partial charge < -0.3 is 9.47 Å². The number of carbonyl (C=O) groups is 1. The molecule has 0 aliphatic heterocycles. The lowest BCUT2D eigenvalue weighted by molar-refractivity contribution is 0.103. The molecule has 4 nitrogen and oxygen atoms in total. The van der Waals surface area contributed by atoms with Crippen LogP contribution in [0.25, 0.3) is 0 Å². The Bertz CT molecular complexity index is 638. The molecule has 104 valence electrons. The molecule has 1 aromatic heterocycles. The van der Waals surface area contributed by atoms with E-state index in [1.54, 1.807) is 30.5 Å². The van der Waals surface area contributed by atoms with Gasteiger partial charge >= 0.3 is 0 Å². The van der Waals surface area contributed by atoms with E-state index in [0.717, 1.165) is 5.69 Å². The minimum Gasteiger partial charge on any atom is -0.493 e. The molecule has 1 aromatic carbocycles. The topological polar surface area (TPSA) is 48.4 Å². The number of ketones is 1. The minimum atomic E-state index is -0.166. The van der Waals surface area contributed by atoms with Crippen LogP contribution < -0.4 is 9.47 Å². The zero-order valence-electron chi connectivity index (χ0n) is 11.4. The Morgan fingerprint density at radius 3 is 2.45 bits per heavy atom. The number of hydrogen-bond donors (Lipinski definition) is 0.